The summed E-state index contributed by atoms with van der Waals surface area (Å²) in [5, 5.41) is 4.17. The zero-order valence-corrected chi connectivity index (χ0v) is 14.7. The van der Waals surface area contributed by atoms with Crippen molar-refractivity contribution in [2.24, 2.45) is 16.7 Å². The molecule has 0 aliphatic heterocycles. The van der Waals surface area contributed by atoms with Gasteiger partial charge in [0.15, 0.2) is 0 Å². The molecule has 3 heteroatoms. The topological polar surface area (TPSA) is 29.1 Å². The molecule has 0 heterocycles. The summed E-state index contributed by atoms with van der Waals surface area (Å²) in [5.41, 5.74) is 2.44. The lowest BCUT2D eigenvalue weighted by molar-refractivity contribution is 0.0737. The predicted octanol–water partition coefficient (Wildman–Crippen LogP) is 4.53. The first-order valence-electron chi connectivity index (χ1n) is 7.82. The van der Waals surface area contributed by atoms with E-state index in [1.54, 1.807) is 0 Å². The highest BCUT2D eigenvalue weighted by Crippen LogP contribution is 2.62. The van der Waals surface area contributed by atoms with Crippen molar-refractivity contribution >= 4 is 21.8 Å². The SMILES string of the molecule is CC12CCC(C1)C(C)(C)C2NC(=O)c1ccc(CBr)cc1. The Labute approximate surface area is 135 Å². The predicted molar refractivity (Wildman–Crippen MR) is 89.6 cm³/mol. The van der Waals surface area contributed by atoms with E-state index in [1.165, 1.54) is 24.8 Å². The summed E-state index contributed by atoms with van der Waals surface area (Å²) in [6, 6.07) is 8.16. The number of rotatable bonds is 3. The van der Waals surface area contributed by atoms with Crippen LogP contribution in [0.3, 0.4) is 0 Å². The fourth-order valence-electron chi connectivity index (χ4n) is 4.62. The molecule has 0 spiro atoms. The second kappa shape index (κ2) is 5.12. The van der Waals surface area contributed by atoms with Crippen LogP contribution in [0.5, 0.6) is 0 Å². The van der Waals surface area contributed by atoms with Gasteiger partial charge in [0.2, 0.25) is 0 Å². The van der Waals surface area contributed by atoms with Crippen molar-refractivity contribution in [3.8, 4) is 0 Å². The lowest BCUT2D eigenvalue weighted by Crippen LogP contribution is -2.52. The molecule has 3 atom stereocenters. The van der Waals surface area contributed by atoms with Crippen LogP contribution < -0.4 is 5.32 Å². The fraction of sp³-hybridized carbons (Fsp3) is 0.611. The van der Waals surface area contributed by atoms with E-state index in [-0.39, 0.29) is 22.8 Å². The molecule has 3 rings (SSSR count). The van der Waals surface area contributed by atoms with E-state index >= 15 is 0 Å². The number of amides is 1. The van der Waals surface area contributed by atoms with Crippen LogP contribution in [0, 0.1) is 16.7 Å². The Bertz CT molecular complexity index is 546. The molecular formula is C18H24BrNO. The van der Waals surface area contributed by atoms with E-state index in [9.17, 15) is 4.79 Å². The van der Waals surface area contributed by atoms with Crippen molar-refractivity contribution in [3.05, 3.63) is 35.4 Å². The molecule has 2 aliphatic carbocycles. The van der Waals surface area contributed by atoms with E-state index in [4.69, 9.17) is 0 Å². The number of hydrogen-bond donors (Lipinski definition) is 1. The molecule has 2 aliphatic rings. The first-order chi connectivity index (χ1) is 9.87. The average molecular weight is 350 g/mol. The van der Waals surface area contributed by atoms with Crippen LogP contribution in [0.1, 0.15) is 56.0 Å². The number of alkyl halides is 1. The van der Waals surface area contributed by atoms with Gasteiger partial charge in [0.05, 0.1) is 0 Å². The summed E-state index contributed by atoms with van der Waals surface area (Å²) in [4.78, 5) is 12.6. The highest BCUT2D eigenvalue weighted by atomic mass is 79.9. The van der Waals surface area contributed by atoms with E-state index < -0.39 is 0 Å². The summed E-state index contributed by atoms with van der Waals surface area (Å²) >= 11 is 3.43. The van der Waals surface area contributed by atoms with Gasteiger partial charge in [-0.1, -0.05) is 48.8 Å². The van der Waals surface area contributed by atoms with Gasteiger partial charge in [-0.05, 0) is 53.7 Å². The molecule has 21 heavy (non-hydrogen) atoms. The van der Waals surface area contributed by atoms with E-state index in [2.05, 4.69) is 42.0 Å². The van der Waals surface area contributed by atoms with Crippen molar-refractivity contribution in [1.82, 2.24) is 5.32 Å². The molecule has 114 valence electrons. The monoisotopic (exact) mass is 349 g/mol. The van der Waals surface area contributed by atoms with Crippen molar-refractivity contribution in [2.75, 3.05) is 0 Å². The Morgan fingerprint density at radius 2 is 1.95 bits per heavy atom. The van der Waals surface area contributed by atoms with Gasteiger partial charge in [-0.25, -0.2) is 0 Å². The minimum atomic E-state index is 0.0722. The van der Waals surface area contributed by atoms with Crippen molar-refractivity contribution < 1.29 is 4.79 Å². The van der Waals surface area contributed by atoms with Crippen LogP contribution in [0.25, 0.3) is 0 Å². The molecule has 3 unspecified atom stereocenters. The number of carbonyl (C=O) groups is 1. The summed E-state index contributed by atoms with van der Waals surface area (Å²) < 4.78 is 0. The first kappa shape index (κ1) is 15.1. The Morgan fingerprint density at radius 1 is 1.29 bits per heavy atom. The van der Waals surface area contributed by atoms with Gasteiger partial charge < -0.3 is 5.32 Å². The zero-order chi connectivity index (χ0) is 15.3. The van der Waals surface area contributed by atoms with Gasteiger partial charge in [-0.2, -0.15) is 0 Å². The molecule has 1 amide bonds. The molecule has 1 aromatic rings. The average Bonchev–Trinajstić information content (AvgIpc) is 2.94. The maximum Gasteiger partial charge on any atom is 0.251 e. The summed E-state index contributed by atoms with van der Waals surface area (Å²) in [5.74, 6) is 0.826. The van der Waals surface area contributed by atoms with Crippen molar-refractivity contribution in [3.63, 3.8) is 0 Å². The van der Waals surface area contributed by atoms with E-state index in [1.807, 2.05) is 24.3 Å². The Morgan fingerprint density at radius 3 is 2.48 bits per heavy atom. The normalized spacial score (nSPS) is 33.1. The molecule has 2 nitrogen and oxygen atoms in total. The van der Waals surface area contributed by atoms with E-state index in [0.717, 1.165) is 16.8 Å². The van der Waals surface area contributed by atoms with Gasteiger partial charge in [-0.15, -0.1) is 0 Å². The van der Waals surface area contributed by atoms with Crippen LogP contribution in [-0.2, 0) is 5.33 Å². The number of carbonyl (C=O) groups excluding carboxylic acids is 1. The molecule has 2 saturated carbocycles. The number of halogens is 1. The third kappa shape index (κ3) is 2.44. The van der Waals surface area contributed by atoms with Crippen LogP contribution >= 0.6 is 15.9 Å². The molecule has 2 fully saturated rings. The largest absolute Gasteiger partial charge is 0.348 e. The standard InChI is InChI=1S/C18H24BrNO/c1-17(2)14-8-9-18(3,10-14)16(17)20-15(21)13-6-4-12(11-19)5-7-13/h4-7,14,16H,8-11H2,1-3H3,(H,20,21). The second-order valence-corrected chi connectivity index (χ2v) is 8.21. The Kier molecular flexibility index (Phi) is 3.67. The maximum absolute atomic E-state index is 12.6. The fourth-order valence-corrected chi connectivity index (χ4v) is 5.00. The number of hydrogen-bond acceptors (Lipinski definition) is 1. The quantitative estimate of drug-likeness (QED) is 0.798. The van der Waals surface area contributed by atoms with Gasteiger partial charge in [0, 0.05) is 16.9 Å². The molecular weight excluding hydrogens is 326 g/mol. The van der Waals surface area contributed by atoms with Crippen LogP contribution in [0.15, 0.2) is 24.3 Å². The molecule has 0 radical (unpaired) electrons. The third-order valence-electron chi connectivity index (χ3n) is 5.92. The summed E-state index contributed by atoms with van der Waals surface area (Å²) in [6.07, 6.45) is 3.82. The van der Waals surface area contributed by atoms with Crippen molar-refractivity contribution in [2.45, 2.75) is 51.4 Å². The smallest absolute Gasteiger partial charge is 0.251 e. The molecule has 0 aromatic heterocycles. The molecule has 1 N–H and O–H groups in total. The van der Waals surface area contributed by atoms with Crippen LogP contribution in [-0.4, -0.2) is 11.9 Å². The van der Waals surface area contributed by atoms with Crippen molar-refractivity contribution in [1.29, 1.82) is 0 Å². The summed E-state index contributed by atoms with van der Waals surface area (Å²) in [6.45, 7) is 6.99. The second-order valence-electron chi connectivity index (χ2n) is 7.65. The lowest BCUT2D eigenvalue weighted by Gasteiger charge is -2.43. The van der Waals surface area contributed by atoms with Gasteiger partial charge in [0.25, 0.3) is 5.91 Å². The Hall–Kier alpha value is -0.830. The van der Waals surface area contributed by atoms with Crippen LogP contribution in [0.4, 0.5) is 0 Å². The van der Waals surface area contributed by atoms with Gasteiger partial charge in [-0.3, -0.25) is 4.79 Å². The minimum absolute atomic E-state index is 0.0722. The molecule has 2 bridgehead atoms. The highest BCUT2D eigenvalue weighted by molar-refractivity contribution is 9.08. The molecule has 1 aromatic carbocycles. The van der Waals surface area contributed by atoms with Crippen LogP contribution in [0.2, 0.25) is 0 Å². The summed E-state index contributed by atoms with van der Waals surface area (Å²) in [7, 11) is 0. The highest BCUT2D eigenvalue weighted by Gasteiger charge is 2.59. The lowest BCUT2D eigenvalue weighted by atomic mass is 9.68. The number of nitrogens with one attached hydrogen (secondary N) is 1. The number of benzene rings is 1. The first-order valence-corrected chi connectivity index (χ1v) is 8.95. The third-order valence-corrected chi connectivity index (χ3v) is 6.56. The van der Waals surface area contributed by atoms with Gasteiger partial charge in [0.1, 0.15) is 0 Å². The number of fused-ring (bicyclic) bond motifs is 2. The minimum Gasteiger partial charge on any atom is -0.348 e. The molecule has 0 saturated heterocycles. The zero-order valence-electron chi connectivity index (χ0n) is 13.1. The van der Waals surface area contributed by atoms with E-state index in [0.29, 0.717) is 0 Å². The maximum atomic E-state index is 12.6. The Balaban J connectivity index is 1.78. The van der Waals surface area contributed by atoms with Gasteiger partial charge >= 0.3 is 0 Å².